The van der Waals surface area contributed by atoms with E-state index >= 15 is 0 Å². The average molecular weight is 312 g/mol. The molecule has 0 unspecified atom stereocenters. The van der Waals surface area contributed by atoms with E-state index in [0.717, 1.165) is 37.3 Å². The first-order valence-corrected chi connectivity index (χ1v) is 7.97. The standard InChI is InChI=1S/C16H23ClFN3/c1-12(2)20(3)8-4-5-9-21-15-7-6-13(18)10-14(15)19-16(21)11-17/h6-7,10,12H,4-5,8-9,11H2,1-3H3. The third-order valence-electron chi connectivity index (χ3n) is 3.93. The summed E-state index contributed by atoms with van der Waals surface area (Å²) in [5.41, 5.74) is 1.65. The van der Waals surface area contributed by atoms with Gasteiger partial charge in [0, 0.05) is 18.7 Å². The number of alkyl halides is 1. The lowest BCUT2D eigenvalue weighted by molar-refractivity contribution is 0.266. The highest BCUT2D eigenvalue weighted by Crippen LogP contribution is 2.19. The Labute approximate surface area is 130 Å². The van der Waals surface area contributed by atoms with E-state index in [0.29, 0.717) is 17.4 Å². The Balaban J connectivity index is 2.04. The monoisotopic (exact) mass is 311 g/mol. The normalized spacial score (nSPS) is 12.0. The van der Waals surface area contributed by atoms with Crippen LogP contribution >= 0.6 is 11.6 Å². The predicted molar refractivity (Wildman–Crippen MR) is 86.2 cm³/mol. The second-order valence-corrected chi connectivity index (χ2v) is 6.00. The van der Waals surface area contributed by atoms with E-state index in [1.54, 1.807) is 6.07 Å². The largest absolute Gasteiger partial charge is 0.327 e. The fourth-order valence-electron chi connectivity index (χ4n) is 2.39. The molecule has 3 nitrogen and oxygen atoms in total. The summed E-state index contributed by atoms with van der Waals surface area (Å²) in [4.78, 5) is 6.75. The van der Waals surface area contributed by atoms with Gasteiger partial charge in [0.25, 0.3) is 0 Å². The maximum absolute atomic E-state index is 13.3. The lowest BCUT2D eigenvalue weighted by atomic mass is 10.2. The summed E-state index contributed by atoms with van der Waals surface area (Å²) in [5.74, 6) is 0.906. The van der Waals surface area contributed by atoms with Crippen LogP contribution in [0.5, 0.6) is 0 Å². The van der Waals surface area contributed by atoms with Crippen LogP contribution in [0.15, 0.2) is 18.2 Å². The first kappa shape index (κ1) is 16.2. The minimum atomic E-state index is -0.258. The maximum Gasteiger partial charge on any atom is 0.125 e. The van der Waals surface area contributed by atoms with Crippen molar-refractivity contribution in [2.45, 2.75) is 45.2 Å². The van der Waals surface area contributed by atoms with Crippen LogP contribution < -0.4 is 0 Å². The van der Waals surface area contributed by atoms with Crippen molar-refractivity contribution in [1.29, 1.82) is 0 Å². The van der Waals surface area contributed by atoms with E-state index in [9.17, 15) is 4.39 Å². The van der Waals surface area contributed by atoms with Crippen molar-refractivity contribution in [3.8, 4) is 0 Å². The van der Waals surface area contributed by atoms with Gasteiger partial charge >= 0.3 is 0 Å². The highest BCUT2D eigenvalue weighted by Gasteiger charge is 2.10. The van der Waals surface area contributed by atoms with E-state index in [1.807, 2.05) is 0 Å². The van der Waals surface area contributed by atoms with Crippen LogP contribution in [0.1, 0.15) is 32.5 Å². The molecular formula is C16H23ClFN3. The van der Waals surface area contributed by atoms with Gasteiger partial charge in [0.2, 0.25) is 0 Å². The molecule has 0 N–H and O–H groups in total. The molecule has 0 saturated heterocycles. The van der Waals surface area contributed by atoms with Crippen molar-refractivity contribution >= 4 is 22.6 Å². The summed E-state index contributed by atoms with van der Waals surface area (Å²) < 4.78 is 15.4. The highest BCUT2D eigenvalue weighted by atomic mass is 35.5. The molecular weight excluding hydrogens is 289 g/mol. The lowest BCUT2D eigenvalue weighted by Gasteiger charge is -2.20. The first-order chi connectivity index (χ1) is 10.0. The van der Waals surface area contributed by atoms with Crippen LogP contribution in [-0.4, -0.2) is 34.1 Å². The lowest BCUT2D eigenvalue weighted by Crippen LogP contribution is -2.27. The SMILES string of the molecule is CC(C)N(C)CCCCn1c(CCl)nc2cc(F)ccc21. The number of fused-ring (bicyclic) bond motifs is 1. The van der Waals surface area contributed by atoms with Crippen LogP contribution in [0.25, 0.3) is 11.0 Å². The molecule has 0 aliphatic rings. The van der Waals surface area contributed by atoms with Crippen molar-refractivity contribution < 1.29 is 4.39 Å². The minimum absolute atomic E-state index is 0.258. The Hall–Kier alpha value is -1.13. The average Bonchev–Trinajstić information content (AvgIpc) is 2.80. The van der Waals surface area contributed by atoms with Gasteiger partial charge < -0.3 is 9.47 Å². The van der Waals surface area contributed by atoms with E-state index in [1.165, 1.54) is 12.1 Å². The molecule has 0 atom stereocenters. The fraction of sp³-hybridized carbons (Fsp3) is 0.562. The first-order valence-electron chi connectivity index (χ1n) is 7.43. The van der Waals surface area contributed by atoms with Gasteiger partial charge in [-0.1, -0.05) is 0 Å². The number of rotatable bonds is 7. The van der Waals surface area contributed by atoms with Crippen molar-refractivity contribution in [3.05, 3.63) is 29.8 Å². The number of benzene rings is 1. The van der Waals surface area contributed by atoms with Crippen LogP contribution in [0.2, 0.25) is 0 Å². The number of hydrogen-bond acceptors (Lipinski definition) is 2. The molecule has 0 saturated carbocycles. The molecule has 0 aliphatic carbocycles. The van der Waals surface area contributed by atoms with Crippen LogP contribution in [0, 0.1) is 5.82 Å². The third-order valence-corrected chi connectivity index (χ3v) is 4.17. The van der Waals surface area contributed by atoms with E-state index in [-0.39, 0.29) is 5.82 Å². The number of aryl methyl sites for hydroxylation is 1. The molecule has 0 radical (unpaired) electrons. The molecule has 21 heavy (non-hydrogen) atoms. The van der Waals surface area contributed by atoms with Gasteiger partial charge in [-0.2, -0.15) is 0 Å². The Morgan fingerprint density at radius 3 is 2.76 bits per heavy atom. The Morgan fingerprint density at radius 2 is 2.10 bits per heavy atom. The van der Waals surface area contributed by atoms with Crippen molar-refractivity contribution in [2.24, 2.45) is 0 Å². The second kappa shape index (κ2) is 7.23. The Kier molecular flexibility index (Phi) is 5.59. The third kappa shape index (κ3) is 3.95. The molecule has 2 aromatic rings. The van der Waals surface area contributed by atoms with E-state index in [2.05, 4.69) is 35.3 Å². The van der Waals surface area contributed by atoms with Crippen LogP contribution in [0.4, 0.5) is 4.39 Å². The van der Waals surface area contributed by atoms with Crippen LogP contribution in [-0.2, 0) is 12.4 Å². The van der Waals surface area contributed by atoms with E-state index < -0.39 is 0 Å². The van der Waals surface area contributed by atoms with Gasteiger partial charge in [-0.05, 0) is 52.4 Å². The summed E-state index contributed by atoms with van der Waals surface area (Å²) in [6.45, 7) is 6.35. The zero-order valence-corrected chi connectivity index (χ0v) is 13.7. The predicted octanol–water partition coefficient (Wildman–Crippen LogP) is 4.03. The van der Waals surface area contributed by atoms with Gasteiger partial charge in [0.1, 0.15) is 11.6 Å². The molecule has 116 valence electrons. The molecule has 1 aromatic heterocycles. The quantitative estimate of drug-likeness (QED) is 0.568. The smallest absolute Gasteiger partial charge is 0.125 e. The summed E-state index contributed by atoms with van der Waals surface area (Å²) in [7, 11) is 2.14. The van der Waals surface area contributed by atoms with Gasteiger partial charge in [-0.15, -0.1) is 11.6 Å². The summed E-state index contributed by atoms with van der Waals surface area (Å²) in [6.07, 6.45) is 2.18. The number of hydrogen-bond donors (Lipinski definition) is 0. The number of aromatic nitrogens is 2. The number of nitrogens with zero attached hydrogens (tertiary/aromatic N) is 3. The molecule has 1 aromatic carbocycles. The zero-order chi connectivity index (χ0) is 15.4. The van der Waals surface area contributed by atoms with Gasteiger partial charge in [-0.25, -0.2) is 9.37 Å². The summed E-state index contributed by atoms with van der Waals surface area (Å²) >= 11 is 5.96. The Bertz CT molecular complexity index is 594. The van der Waals surface area contributed by atoms with Gasteiger partial charge in [-0.3, -0.25) is 0 Å². The molecule has 0 amide bonds. The van der Waals surface area contributed by atoms with Crippen molar-refractivity contribution in [1.82, 2.24) is 14.5 Å². The fourth-order valence-corrected chi connectivity index (χ4v) is 2.60. The van der Waals surface area contributed by atoms with Gasteiger partial charge in [0.15, 0.2) is 0 Å². The Morgan fingerprint density at radius 1 is 1.33 bits per heavy atom. The van der Waals surface area contributed by atoms with Crippen molar-refractivity contribution in [2.75, 3.05) is 13.6 Å². The topological polar surface area (TPSA) is 21.1 Å². The maximum atomic E-state index is 13.3. The molecule has 0 fully saturated rings. The molecule has 0 bridgehead atoms. The number of imidazole rings is 1. The van der Waals surface area contributed by atoms with Gasteiger partial charge in [0.05, 0.1) is 16.9 Å². The highest BCUT2D eigenvalue weighted by molar-refractivity contribution is 6.16. The molecule has 0 aliphatic heterocycles. The molecule has 2 rings (SSSR count). The number of halogens is 2. The van der Waals surface area contributed by atoms with E-state index in [4.69, 9.17) is 11.6 Å². The molecule has 5 heteroatoms. The minimum Gasteiger partial charge on any atom is -0.327 e. The molecule has 0 spiro atoms. The van der Waals surface area contributed by atoms with Crippen molar-refractivity contribution in [3.63, 3.8) is 0 Å². The molecule has 1 heterocycles. The summed E-state index contributed by atoms with van der Waals surface area (Å²) in [6, 6.07) is 5.30. The van der Waals surface area contributed by atoms with Crippen LogP contribution in [0.3, 0.4) is 0 Å². The second-order valence-electron chi connectivity index (χ2n) is 5.73. The zero-order valence-electron chi connectivity index (χ0n) is 12.9. The summed E-state index contributed by atoms with van der Waals surface area (Å²) in [5, 5.41) is 0. The number of unbranched alkanes of at least 4 members (excludes halogenated alkanes) is 1.